The normalized spacial score (nSPS) is 37.6. The second-order valence-corrected chi connectivity index (χ2v) is 13.7. The van der Waals surface area contributed by atoms with Crippen LogP contribution in [0.25, 0.3) is 0 Å². The number of allylic oxidation sites excluding steroid dienone is 12. The number of carbonyl (C=O) groups is 2. The van der Waals surface area contributed by atoms with Crippen molar-refractivity contribution in [1.82, 2.24) is 0 Å². The van der Waals surface area contributed by atoms with Gasteiger partial charge in [-0.2, -0.15) is 0 Å². The molecule has 19 heteroatoms. The summed E-state index contributed by atoms with van der Waals surface area (Å²) in [6.07, 6.45) is -7.55. The minimum Gasteiger partial charge on any atom is -0.429 e. The van der Waals surface area contributed by atoms with Gasteiger partial charge in [-0.15, -0.1) is 0 Å². The van der Waals surface area contributed by atoms with Crippen LogP contribution in [-0.2, 0) is 38.0 Å². The molecule has 0 unspecified atom stereocenters. The Labute approximate surface area is 328 Å². The number of aliphatic hydroxyl groups is 11. The quantitative estimate of drug-likeness (QED) is 0.0445. The molecule has 320 valence electrons. The topological polar surface area (TPSA) is 312 Å². The van der Waals surface area contributed by atoms with Crippen molar-refractivity contribution in [3.8, 4) is 0 Å². The fourth-order valence-corrected chi connectivity index (χ4v) is 5.46. The molecule has 0 bridgehead atoms. The first-order valence-corrected chi connectivity index (χ1v) is 18.0. The zero-order chi connectivity index (χ0) is 42.6. The number of carbonyl (C=O) groups excluding carboxylic acids is 2. The molecule has 19 nitrogen and oxygen atoms in total. The molecule has 0 spiro atoms. The summed E-state index contributed by atoms with van der Waals surface area (Å²) in [7, 11) is 0. The lowest BCUT2D eigenvalue weighted by Gasteiger charge is -2.42. The van der Waals surface area contributed by atoms with Crippen LogP contribution in [0, 0.1) is 0 Å². The van der Waals surface area contributed by atoms with Gasteiger partial charge in [0.25, 0.3) is 0 Å². The molecule has 15 atom stereocenters. The summed E-state index contributed by atoms with van der Waals surface area (Å²) in [4.78, 5) is 25.2. The van der Waals surface area contributed by atoms with Crippen molar-refractivity contribution in [3.63, 3.8) is 0 Å². The predicted molar refractivity (Wildman–Crippen MR) is 195 cm³/mol. The monoisotopic (exact) mass is 814 g/mol. The zero-order valence-corrected chi connectivity index (χ0v) is 31.7. The van der Waals surface area contributed by atoms with Crippen LogP contribution in [0.15, 0.2) is 83.1 Å². The maximum Gasteiger partial charge on any atom is 0.336 e. The van der Waals surface area contributed by atoms with Crippen LogP contribution in [0.5, 0.6) is 0 Å². The molecule has 0 aromatic rings. The molecule has 11 N–H and O–H groups in total. The van der Waals surface area contributed by atoms with Crippen LogP contribution >= 0.6 is 0 Å². The van der Waals surface area contributed by atoms with E-state index in [1.165, 1.54) is 26.0 Å². The average Bonchev–Trinajstić information content (AvgIpc) is 3.18. The van der Waals surface area contributed by atoms with Gasteiger partial charge in [0.05, 0.1) is 19.8 Å². The van der Waals surface area contributed by atoms with Crippen molar-refractivity contribution in [2.24, 2.45) is 0 Å². The van der Waals surface area contributed by atoms with Gasteiger partial charge in [0, 0.05) is 11.1 Å². The van der Waals surface area contributed by atoms with Crippen LogP contribution < -0.4 is 0 Å². The molecule has 3 heterocycles. The van der Waals surface area contributed by atoms with E-state index in [2.05, 4.69) is 0 Å². The highest BCUT2D eigenvalue weighted by Crippen LogP contribution is 2.27. The molecule has 0 amide bonds. The van der Waals surface area contributed by atoms with Crippen LogP contribution in [0.2, 0.25) is 0 Å². The minimum absolute atomic E-state index is 0.0944. The first-order chi connectivity index (χ1) is 26.9. The third-order valence-electron chi connectivity index (χ3n) is 9.12. The Kier molecular flexibility index (Phi) is 19.0. The summed E-state index contributed by atoms with van der Waals surface area (Å²) in [5, 5.41) is 110. The third-order valence-corrected chi connectivity index (χ3v) is 9.12. The molecule has 0 radical (unpaired) electrons. The highest BCUT2D eigenvalue weighted by atomic mass is 16.7. The number of ether oxygens (including phenoxy) is 6. The van der Waals surface area contributed by atoms with Gasteiger partial charge in [0.1, 0.15) is 73.2 Å². The molecule has 3 rings (SSSR count). The summed E-state index contributed by atoms with van der Waals surface area (Å²) in [6, 6.07) is 0. The Morgan fingerprint density at radius 1 is 0.474 bits per heavy atom. The van der Waals surface area contributed by atoms with E-state index < -0.39 is 124 Å². The second kappa shape index (κ2) is 22.6. The van der Waals surface area contributed by atoms with Gasteiger partial charge in [0.15, 0.2) is 6.29 Å². The lowest BCUT2D eigenvalue weighted by Crippen LogP contribution is -2.61. The largest absolute Gasteiger partial charge is 0.429 e. The fraction of sp³-hybridized carbons (Fsp3) is 0.579. The van der Waals surface area contributed by atoms with E-state index in [9.17, 15) is 65.8 Å². The summed E-state index contributed by atoms with van der Waals surface area (Å²) in [6.45, 7) is 4.59. The fourth-order valence-electron chi connectivity index (χ4n) is 5.46. The van der Waals surface area contributed by atoms with Gasteiger partial charge in [-0.3, -0.25) is 0 Å². The van der Waals surface area contributed by atoms with Crippen molar-refractivity contribution in [1.29, 1.82) is 0 Å². The Hall–Kier alpha value is -3.48. The number of aliphatic hydroxyl groups excluding tert-OH is 11. The SMILES string of the molecule is CC(=C/C=C/C=C(C)/C=C/C=C(\C)C(=O)O[C@@H]1O[C@H](CO)[C@@H](O)[C@H](O)[C@H]1O)/C=C/C=C(\C)C(=O)O[C@@H]1O[C@H](CO[C@@H]2O[C@H](CO)[C@@H](O)[C@H](O)[C@H]2O)[C@@H](O)[C@H](O)[C@H]1O. The maximum atomic E-state index is 12.7. The number of rotatable bonds is 15. The number of esters is 2. The highest BCUT2D eigenvalue weighted by molar-refractivity contribution is 5.88. The number of hydrogen-bond acceptors (Lipinski definition) is 19. The summed E-state index contributed by atoms with van der Waals surface area (Å²) in [5.74, 6) is -1.75. The van der Waals surface area contributed by atoms with Gasteiger partial charge in [-0.1, -0.05) is 71.9 Å². The molecule has 0 aromatic carbocycles. The predicted octanol–water partition coefficient (Wildman–Crippen LogP) is -3.05. The van der Waals surface area contributed by atoms with E-state index in [1.807, 2.05) is 6.92 Å². The maximum absolute atomic E-state index is 12.7. The molecule has 0 aliphatic carbocycles. The third kappa shape index (κ3) is 13.3. The van der Waals surface area contributed by atoms with Gasteiger partial charge in [0.2, 0.25) is 12.6 Å². The van der Waals surface area contributed by atoms with Gasteiger partial charge in [-0.25, -0.2) is 9.59 Å². The first-order valence-electron chi connectivity index (χ1n) is 18.0. The summed E-state index contributed by atoms with van der Waals surface area (Å²) in [5.41, 5.74) is 1.86. The van der Waals surface area contributed by atoms with E-state index in [1.54, 1.807) is 55.5 Å². The lowest BCUT2D eigenvalue weighted by atomic mass is 9.98. The molecule has 3 aliphatic heterocycles. The smallest absolute Gasteiger partial charge is 0.336 e. The number of hydrogen-bond donors (Lipinski definition) is 11. The van der Waals surface area contributed by atoms with Crippen LogP contribution in [0.4, 0.5) is 0 Å². The van der Waals surface area contributed by atoms with E-state index in [4.69, 9.17) is 28.4 Å². The van der Waals surface area contributed by atoms with Gasteiger partial charge >= 0.3 is 11.9 Å². The van der Waals surface area contributed by atoms with Gasteiger partial charge in [-0.05, 0) is 27.7 Å². The lowest BCUT2D eigenvalue weighted by molar-refractivity contribution is -0.326. The Morgan fingerprint density at radius 3 is 1.23 bits per heavy atom. The van der Waals surface area contributed by atoms with Crippen LogP contribution in [0.3, 0.4) is 0 Å². The summed E-state index contributed by atoms with van der Waals surface area (Å²) >= 11 is 0. The van der Waals surface area contributed by atoms with Crippen LogP contribution in [0.1, 0.15) is 27.7 Å². The van der Waals surface area contributed by atoms with Crippen molar-refractivity contribution < 1.29 is 94.2 Å². The molecule has 0 aromatic heterocycles. The first kappa shape index (κ1) is 47.9. The Bertz CT molecular complexity index is 1550. The Morgan fingerprint density at radius 2 is 0.825 bits per heavy atom. The zero-order valence-electron chi connectivity index (χ0n) is 31.7. The minimum atomic E-state index is -1.83. The molecule has 57 heavy (non-hydrogen) atoms. The molecule has 3 fully saturated rings. The van der Waals surface area contributed by atoms with E-state index in [-0.39, 0.29) is 11.1 Å². The van der Waals surface area contributed by atoms with E-state index in [0.717, 1.165) is 11.1 Å². The average molecular weight is 815 g/mol. The van der Waals surface area contributed by atoms with Crippen molar-refractivity contribution in [2.45, 2.75) is 120 Å². The second-order valence-electron chi connectivity index (χ2n) is 13.7. The van der Waals surface area contributed by atoms with E-state index >= 15 is 0 Å². The Balaban J connectivity index is 1.48. The van der Waals surface area contributed by atoms with Crippen molar-refractivity contribution in [2.75, 3.05) is 19.8 Å². The standard InChI is InChI=1S/C38H54O19/c1-18(11-7-13-20(3)34(50)56-37-32(48)29(45)26(42)23(16-40)54-37)9-5-6-10-19(2)12-8-14-21(4)35(51)57-38-33(49)30(46)27(43)24(55-38)17-52-36-31(47)28(44)25(41)22(15-39)53-36/h5-14,22-33,36-49H,15-17H2,1-4H3/b6-5+,11-7+,12-8+,18-9+,19-10-,20-13+,21-14+/t22-,23-,24-,25-,26-,27-,28+,29+,30+,31-,32-,33-,36-,37+,38+/m1/s1. The molecular formula is C38H54O19. The van der Waals surface area contributed by atoms with Gasteiger partial charge < -0.3 is 84.6 Å². The summed E-state index contributed by atoms with van der Waals surface area (Å²) < 4.78 is 31.6. The van der Waals surface area contributed by atoms with Crippen molar-refractivity contribution >= 4 is 11.9 Å². The van der Waals surface area contributed by atoms with Crippen LogP contribution in [-0.4, -0.2) is 180 Å². The van der Waals surface area contributed by atoms with Crippen molar-refractivity contribution in [3.05, 3.63) is 83.1 Å². The molecule has 3 aliphatic rings. The molecule has 3 saturated heterocycles. The van der Waals surface area contributed by atoms with E-state index in [0.29, 0.717) is 0 Å². The molecular weight excluding hydrogens is 760 g/mol. The highest BCUT2D eigenvalue weighted by Gasteiger charge is 2.48. The molecule has 0 saturated carbocycles.